The maximum atomic E-state index is 5.85. The molecule has 0 aliphatic carbocycles. The van der Waals surface area contributed by atoms with Gasteiger partial charge in [-0.2, -0.15) is 0 Å². The first-order chi connectivity index (χ1) is 6.68. The first-order valence-electron chi connectivity index (χ1n) is 3.60. The highest BCUT2D eigenvalue weighted by atomic mass is 79.9. The van der Waals surface area contributed by atoms with Crippen molar-refractivity contribution in [1.82, 2.24) is 10.2 Å². The summed E-state index contributed by atoms with van der Waals surface area (Å²) < 4.78 is 6.02. The summed E-state index contributed by atoms with van der Waals surface area (Å²) >= 11 is 14.9. The lowest BCUT2D eigenvalue weighted by Crippen LogP contribution is -1.87. The molecule has 0 aromatic carbocycles. The Morgan fingerprint density at radius 1 is 1.29 bits per heavy atom. The molecule has 0 N–H and O–H groups in total. The third kappa shape index (κ3) is 1.78. The Kier molecular flexibility index (Phi) is 2.76. The van der Waals surface area contributed by atoms with E-state index in [0.717, 1.165) is 4.47 Å². The van der Waals surface area contributed by atoms with Crippen LogP contribution in [0.25, 0.3) is 11.3 Å². The van der Waals surface area contributed by atoms with E-state index in [9.17, 15) is 0 Å². The highest BCUT2D eigenvalue weighted by molar-refractivity contribution is 9.10. The minimum atomic E-state index is 0.255. The normalized spacial score (nSPS) is 10.5. The molecule has 0 unspecified atom stereocenters. The molecular formula is C8H3BrCl2N2O. The van der Waals surface area contributed by atoms with Gasteiger partial charge in [0.05, 0.1) is 16.3 Å². The summed E-state index contributed by atoms with van der Waals surface area (Å²) in [6.45, 7) is 0. The van der Waals surface area contributed by atoms with E-state index in [0.29, 0.717) is 11.3 Å². The van der Waals surface area contributed by atoms with Crippen molar-refractivity contribution in [2.75, 3.05) is 0 Å². The van der Waals surface area contributed by atoms with Crippen LogP contribution in [0.4, 0.5) is 0 Å². The number of aromatic nitrogens is 2. The molecule has 0 atom stereocenters. The van der Waals surface area contributed by atoms with Gasteiger partial charge in [-0.05, 0) is 28.1 Å². The van der Waals surface area contributed by atoms with Gasteiger partial charge in [0.25, 0.3) is 0 Å². The zero-order valence-corrected chi connectivity index (χ0v) is 9.77. The summed E-state index contributed by atoms with van der Waals surface area (Å²) in [5, 5.41) is 7.81. The molecule has 0 bridgehead atoms. The van der Waals surface area contributed by atoms with Crippen molar-refractivity contribution < 1.29 is 4.42 Å². The van der Waals surface area contributed by atoms with E-state index in [2.05, 4.69) is 26.1 Å². The van der Waals surface area contributed by atoms with Crippen molar-refractivity contribution in [1.29, 1.82) is 0 Å². The van der Waals surface area contributed by atoms with Crippen LogP contribution in [0.15, 0.2) is 27.3 Å². The molecule has 2 aromatic rings. The third-order valence-electron chi connectivity index (χ3n) is 1.58. The number of rotatable bonds is 1. The van der Waals surface area contributed by atoms with Crippen LogP contribution in [0.2, 0.25) is 10.3 Å². The second-order valence-corrected chi connectivity index (χ2v) is 4.07. The monoisotopic (exact) mass is 292 g/mol. The van der Waals surface area contributed by atoms with Crippen molar-refractivity contribution in [3.05, 3.63) is 33.2 Å². The quantitative estimate of drug-likeness (QED) is 0.802. The van der Waals surface area contributed by atoms with Crippen LogP contribution >= 0.6 is 39.1 Å². The Morgan fingerprint density at radius 3 is 2.71 bits per heavy atom. The van der Waals surface area contributed by atoms with Crippen molar-refractivity contribution in [3.8, 4) is 11.3 Å². The minimum Gasteiger partial charge on any atom is -0.463 e. The average molecular weight is 294 g/mol. The molecule has 14 heavy (non-hydrogen) atoms. The van der Waals surface area contributed by atoms with Crippen LogP contribution in [0.1, 0.15) is 0 Å². The lowest BCUT2D eigenvalue weighted by Gasteiger charge is -1.99. The van der Waals surface area contributed by atoms with Gasteiger partial charge in [-0.1, -0.05) is 23.2 Å². The molecule has 0 amide bonds. The second-order valence-electron chi connectivity index (χ2n) is 2.47. The molecule has 72 valence electrons. The molecular weight excluding hydrogens is 291 g/mol. The molecule has 6 heteroatoms. The topological polar surface area (TPSA) is 38.9 Å². The van der Waals surface area contributed by atoms with Crippen LogP contribution in [0.3, 0.4) is 0 Å². The Morgan fingerprint density at radius 2 is 2.07 bits per heavy atom. The van der Waals surface area contributed by atoms with E-state index in [4.69, 9.17) is 27.6 Å². The smallest absolute Gasteiger partial charge is 0.162 e. The Balaban J connectivity index is 2.62. The lowest BCUT2D eigenvalue weighted by atomic mass is 10.2. The SMILES string of the molecule is Clc1cc(-c2occc2Br)c(Cl)nn1. The maximum absolute atomic E-state index is 5.85. The molecule has 2 rings (SSSR count). The third-order valence-corrected chi connectivity index (χ3v) is 2.67. The van der Waals surface area contributed by atoms with Crippen molar-refractivity contribution in [2.24, 2.45) is 0 Å². The average Bonchev–Trinajstić information content (AvgIpc) is 2.56. The van der Waals surface area contributed by atoms with Gasteiger partial charge < -0.3 is 4.42 Å². The van der Waals surface area contributed by atoms with Gasteiger partial charge in [0, 0.05) is 0 Å². The van der Waals surface area contributed by atoms with E-state index in [1.807, 2.05) is 0 Å². The largest absolute Gasteiger partial charge is 0.463 e. The number of furan rings is 1. The standard InChI is InChI=1S/C8H3BrCl2N2O/c9-5-1-2-14-7(5)4-3-6(10)12-13-8(4)11/h1-3H. The van der Waals surface area contributed by atoms with Gasteiger partial charge in [-0.25, -0.2) is 0 Å². The number of halogens is 3. The zero-order chi connectivity index (χ0) is 10.1. The Labute approximate surface area is 98.2 Å². The summed E-state index contributed by atoms with van der Waals surface area (Å²) in [4.78, 5) is 0. The van der Waals surface area contributed by atoms with Crippen molar-refractivity contribution >= 4 is 39.1 Å². The fraction of sp³-hybridized carbons (Fsp3) is 0. The Bertz CT molecular complexity index is 472. The van der Waals surface area contributed by atoms with Gasteiger partial charge in [0.2, 0.25) is 0 Å². The molecule has 0 aliphatic rings. The van der Waals surface area contributed by atoms with E-state index < -0.39 is 0 Å². The molecule has 0 spiro atoms. The number of nitrogens with zero attached hydrogens (tertiary/aromatic N) is 2. The highest BCUT2D eigenvalue weighted by Crippen LogP contribution is 2.33. The fourth-order valence-corrected chi connectivity index (χ4v) is 1.74. The van der Waals surface area contributed by atoms with E-state index in [1.165, 1.54) is 0 Å². The van der Waals surface area contributed by atoms with Gasteiger partial charge in [0.1, 0.15) is 0 Å². The number of hydrogen-bond acceptors (Lipinski definition) is 3. The molecule has 0 fully saturated rings. The zero-order valence-electron chi connectivity index (χ0n) is 6.67. The summed E-state index contributed by atoms with van der Waals surface area (Å²) in [7, 11) is 0. The van der Waals surface area contributed by atoms with Crippen LogP contribution in [0.5, 0.6) is 0 Å². The van der Waals surface area contributed by atoms with Crippen LogP contribution in [0, 0.1) is 0 Å². The molecule has 0 radical (unpaired) electrons. The minimum absolute atomic E-state index is 0.255. The van der Waals surface area contributed by atoms with Crippen LogP contribution in [-0.4, -0.2) is 10.2 Å². The summed E-state index contributed by atoms with van der Waals surface area (Å²) in [5.74, 6) is 0.590. The van der Waals surface area contributed by atoms with Gasteiger partial charge >= 0.3 is 0 Å². The molecule has 0 aliphatic heterocycles. The van der Waals surface area contributed by atoms with Crippen molar-refractivity contribution in [2.45, 2.75) is 0 Å². The lowest BCUT2D eigenvalue weighted by molar-refractivity contribution is 0.580. The molecule has 3 nitrogen and oxygen atoms in total. The van der Waals surface area contributed by atoms with Gasteiger partial charge in [0.15, 0.2) is 16.1 Å². The highest BCUT2D eigenvalue weighted by Gasteiger charge is 2.12. The summed E-state index contributed by atoms with van der Waals surface area (Å²) in [6.07, 6.45) is 1.55. The van der Waals surface area contributed by atoms with Gasteiger partial charge in [-0.15, -0.1) is 10.2 Å². The van der Waals surface area contributed by atoms with E-state index in [1.54, 1.807) is 18.4 Å². The van der Waals surface area contributed by atoms with Crippen LogP contribution in [-0.2, 0) is 0 Å². The van der Waals surface area contributed by atoms with E-state index >= 15 is 0 Å². The molecule has 2 aromatic heterocycles. The fourth-order valence-electron chi connectivity index (χ4n) is 0.998. The first kappa shape index (κ1) is 9.96. The van der Waals surface area contributed by atoms with Gasteiger partial charge in [-0.3, -0.25) is 0 Å². The maximum Gasteiger partial charge on any atom is 0.162 e. The van der Waals surface area contributed by atoms with Crippen molar-refractivity contribution in [3.63, 3.8) is 0 Å². The van der Waals surface area contributed by atoms with Crippen LogP contribution < -0.4 is 0 Å². The predicted octanol–water partition coefficient (Wildman–Crippen LogP) is 3.81. The molecule has 2 heterocycles. The Hall–Kier alpha value is -0.580. The molecule has 0 saturated carbocycles. The van der Waals surface area contributed by atoms with E-state index in [-0.39, 0.29) is 10.3 Å². The second kappa shape index (κ2) is 3.88. The number of hydrogen-bond donors (Lipinski definition) is 0. The predicted molar refractivity (Wildman–Crippen MR) is 57.5 cm³/mol. The first-order valence-corrected chi connectivity index (χ1v) is 5.15. The summed E-state index contributed by atoms with van der Waals surface area (Å²) in [6, 6.07) is 3.36. The molecule has 0 saturated heterocycles. The summed E-state index contributed by atoms with van der Waals surface area (Å²) in [5.41, 5.74) is 0.614.